The number of nitrogens with zero attached hydrogens (tertiary/aromatic N) is 1. The minimum atomic E-state index is -1.09. The van der Waals surface area contributed by atoms with Crippen LogP contribution in [0, 0.1) is 11.3 Å². The molecule has 1 fully saturated rings. The first kappa shape index (κ1) is 25.4. The number of Topliss-reactive ketones (excluding diaryl/α,β-unsaturated/α-hetero) is 1. The van der Waals surface area contributed by atoms with Gasteiger partial charge in [-0.15, -0.1) is 0 Å². The van der Waals surface area contributed by atoms with Crippen molar-refractivity contribution in [1.29, 1.82) is 0 Å². The number of esters is 1. The van der Waals surface area contributed by atoms with Crippen molar-refractivity contribution >= 4 is 41.0 Å². The maximum atomic E-state index is 12.6. The molecule has 0 bridgehead atoms. The van der Waals surface area contributed by atoms with Crippen molar-refractivity contribution in [3.05, 3.63) is 33.8 Å². The quantitative estimate of drug-likeness (QED) is 0.461. The number of amides is 1. The van der Waals surface area contributed by atoms with Gasteiger partial charge >= 0.3 is 12.1 Å². The van der Waals surface area contributed by atoms with Crippen molar-refractivity contribution < 1.29 is 29.0 Å². The molecular formula is C22H29Cl2NO6. The molecule has 1 amide bonds. The molecule has 1 unspecified atom stereocenters. The van der Waals surface area contributed by atoms with Gasteiger partial charge in [0.15, 0.2) is 0 Å². The molecule has 1 aromatic carbocycles. The van der Waals surface area contributed by atoms with Gasteiger partial charge in [-0.2, -0.15) is 0 Å². The molecule has 1 saturated heterocycles. The van der Waals surface area contributed by atoms with Crippen LogP contribution in [0.15, 0.2) is 18.2 Å². The number of carbonyl (C=O) groups is 3. The van der Waals surface area contributed by atoms with Crippen molar-refractivity contribution in [2.24, 2.45) is 11.3 Å². The summed E-state index contributed by atoms with van der Waals surface area (Å²) < 4.78 is 11.3. The molecule has 1 N–H and O–H groups in total. The SMILES string of the molecule is CCOC(=O)CC(=O)C[C@@H]1CN(C(=O)O)CC(C(C)(C)C)O[C@H]1c1ccc(Cl)c(Cl)c1. The topological polar surface area (TPSA) is 93.1 Å². The molecule has 0 radical (unpaired) electrons. The summed E-state index contributed by atoms with van der Waals surface area (Å²) in [5.41, 5.74) is 0.344. The van der Waals surface area contributed by atoms with Crippen molar-refractivity contribution in [3.8, 4) is 0 Å². The van der Waals surface area contributed by atoms with Crippen LogP contribution in [0.5, 0.6) is 0 Å². The first-order chi connectivity index (χ1) is 14.4. The number of hydrogen-bond acceptors (Lipinski definition) is 5. The maximum absolute atomic E-state index is 12.6. The van der Waals surface area contributed by atoms with Crippen molar-refractivity contribution in [1.82, 2.24) is 4.90 Å². The number of halogens is 2. The van der Waals surface area contributed by atoms with Gasteiger partial charge in [0.05, 0.1) is 35.4 Å². The molecule has 0 aromatic heterocycles. The normalized spacial score (nSPS) is 22.0. The number of rotatable bonds is 6. The third-order valence-electron chi connectivity index (χ3n) is 5.23. The van der Waals surface area contributed by atoms with Crippen LogP contribution in [0.25, 0.3) is 0 Å². The number of ether oxygens (including phenoxy) is 2. The van der Waals surface area contributed by atoms with Gasteiger partial charge in [-0.3, -0.25) is 9.59 Å². The van der Waals surface area contributed by atoms with Gasteiger partial charge in [-0.1, -0.05) is 50.0 Å². The van der Waals surface area contributed by atoms with E-state index in [1.54, 1.807) is 25.1 Å². The highest BCUT2D eigenvalue weighted by atomic mass is 35.5. The second-order valence-corrected chi connectivity index (χ2v) is 9.57. The van der Waals surface area contributed by atoms with Crippen LogP contribution in [0.4, 0.5) is 4.79 Å². The summed E-state index contributed by atoms with van der Waals surface area (Å²) in [6.45, 7) is 8.01. The second-order valence-electron chi connectivity index (χ2n) is 8.76. The van der Waals surface area contributed by atoms with Gasteiger partial charge in [0.2, 0.25) is 0 Å². The molecule has 1 aromatic rings. The number of carboxylic acid groups (broad SMARTS) is 1. The Kier molecular flexibility index (Phi) is 8.74. The minimum Gasteiger partial charge on any atom is -0.466 e. The highest BCUT2D eigenvalue weighted by molar-refractivity contribution is 6.42. The smallest absolute Gasteiger partial charge is 0.407 e. The number of ketones is 1. The van der Waals surface area contributed by atoms with E-state index in [1.165, 1.54) is 4.90 Å². The summed E-state index contributed by atoms with van der Waals surface area (Å²) >= 11 is 12.3. The summed E-state index contributed by atoms with van der Waals surface area (Å²) in [4.78, 5) is 37.5. The van der Waals surface area contributed by atoms with Crippen LogP contribution < -0.4 is 0 Å². The molecule has 1 aliphatic rings. The summed E-state index contributed by atoms with van der Waals surface area (Å²) in [6, 6.07) is 5.08. The first-order valence-corrected chi connectivity index (χ1v) is 10.9. The van der Waals surface area contributed by atoms with E-state index in [4.69, 9.17) is 32.7 Å². The molecule has 31 heavy (non-hydrogen) atoms. The van der Waals surface area contributed by atoms with Crippen molar-refractivity contribution in [3.63, 3.8) is 0 Å². The molecule has 0 spiro atoms. The molecule has 2 rings (SSSR count). The molecule has 1 aliphatic heterocycles. The van der Waals surface area contributed by atoms with E-state index in [0.29, 0.717) is 15.6 Å². The molecule has 3 atom stereocenters. The fourth-order valence-corrected chi connectivity index (χ4v) is 3.87. The van der Waals surface area contributed by atoms with Crippen molar-refractivity contribution in [2.45, 2.75) is 52.7 Å². The van der Waals surface area contributed by atoms with E-state index in [2.05, 4.69) is 0 Å². The predicted molar refractivity (Wildman–Crippen MR) is 117 cm³/mol. The molecule has 1 heterocycles. The Morgan fingerprint density at radius 1 is 1.19 bits per heavy atom. The van der Waals surface area contributed by atoms with Gasteiger partial charge < -0.3 is 19.5 Å². The highest BCUT2D eigenvalue weighted by Crippen LogP contribution is 2.39. The Bertz CT molecular complexity index is 823. The van der Waals surface area contributed by atoms with Gasteiger partial charge in [0, 0.05) is 18.9 Å². The Morgan fingerprint density at radius 3 is 2.42 bits per heavy atom. The molecule has 9 heteroatoms. The third kappa shape index (κ3) is 7.09. The molecule has 0 aliphatic carbocycles. The lowest BCUT2D eigenvalue weighted by Gasteiger charge is -2.34. The fourth-order valence-electron chi connectivity index (χ4n) is 3.57. The van der Waals surface area contributed by atoms with E-state index in [-0.39, 0.29) is 43.7 Å². The number of benzene rings is 1. The third-order valence-corrected chi connectivity index (χ3v) is 5.96. The van der Waals surface area contributed by atoms with Gasteiger partial charge in [0.1, 0.15) is 12.2 Å². The van der Waals surface area contributed by atoms with Gasteiger partial charge in [-0.05, 0) is 30.0 Å². The first-order valence-electron chi connectivity index (χ1n) is 10.2. The zero-order valence-corrected chi connectivity index (χ0v) is 19.7. The molecule has 7 nitrogen and oxygen atoms in total. The predicted octanol–water partition coefficient (Wildman–Crippen LogP) is 4.99. The maximum Gasteiger partial charge on any atom is 0.407 e. The average Bonchev–Trinajstić information content (AvgIpc) is 2.84. The fraction of sp³-hybridized carbons (Fsp3) is 0.591. The number of hydrogen-bond donors (Lipinski definition) is 1. The van der Waals surface area contributed by atoms with E-state index in [9.17, 15) is 19.5 Å². The van der Waals surface area contributed by atoms with Crippen LogP contribution in [0.2, 0.25) is 10.0 Å². The van der Waals surface area contributed by atoms with Gasteiger partial charge in [0.25, 0.3) is 0 Å². The molecule has 172 valence electrons. The Labute approximate surface area is 192 Å². The lowest BCUT2D eigenvalue weighted by atomic mass is 9.88. The van der Waals surface area contributed by atoms with Crippen LogP contribution in [-0.2, 0) is 19.1 Å². The zero-order valence-electron chi connectivity index (χ0n) is 18.2. The average molecular weight is 474 g/mol. The highest BCUT2D eigenvalue weighted by Gasteiger charge is 2.40. The van der Waals surface area contributed by atoms with Crippen molar-refractivity contribution in [2.75, 3.05) is 19.7 Å². The lowest BCUT2D eigenvalue weighted by Crippen LogP contribution is -2.42. The Hall–Kier alpha value is -1.83. The Morgan fingerprint density at radius 2 is 1.87 bits per heavy atom. The summed E-state index contributed by atoms with van der Waals surface area (Å²) in [5, 5.41) is 10.4. The van der Waals surface area contributed by atoms with Crippen LogP contribution in [-0.4, -0.2) is 53.7 Å². The van der Waals surface area contributed by atoms with Gasteiger partial charge in [-0.25, -0.2) is 4.79 Å². The van der Waals surface area contributed by atoms with Crippen LogP contribution in [0.3, 0.4) is 0 Å². The van der Waals surface area contributed by atoms with E-state index in [0.717, 1.165) is 0 Å². The van der Waals surface area contributed by atoms with E-state index >= 15 is 0 Å². The molecule has 0 saturated carbocycles. The monoisotopic (exact) mass is 473 g/mol. The number of carbonyl (C=O) groups excluding carboxylic acids is 2. The second kappa shape index (κ2) is 10.7. The zero-order chi connectivity index (χ0) is 23.3. The van der Waals surface area contributed by atoms with E-state index in [1.807, 2.05) is 20.8 Å². The van der Waals surface area contributed by atoms with E-state index < -0.39 is 30.2 Å². The largest absolute Gasteiger partial charge is 0.466 e. The molecular weight excluding hydrogens is 445 g/mol. The standard InChI is InChI=1S/C22H29Cl2NO6/c1-5-30-19(27)10-15(26)8-14-11-25(21(28)29)12-18(22(2,3)4)31-20(14)13-6-7-16(23)17(24)9-13/h6-7,9,14,18,20H,5,8,10-12H2,1-4H3,(H,28,29)/t14-,18?,20+/m1/s1. The van der Waals surface area contributed by atoms with Crippen LogP contribution in [0.1, 0.15) is 52.2 Å². The summed E-state index contributed by atoms with van der Waals surface area (Å²) in [6.07, 6.45) is -2.52. The summed E-state index contributed by atoms with van der Waals surface area (Å²) in [5.74, 6) is -1.45. The summed E-state index contributed by atoms with van der Waals surface area (Å²) in [7, 11) is 0. The van der Waals surface area contributed by atoms with Crippen LogP contribution >= 0.6 is 23.2 Å². The lowest BCUT2D eigenvalue weighted by molar-refractivity contribution is -0.146. The Balaban J connectivity index is 2.41. The minimum absolute atomic E-state index is 0.0373.